The molecule has 0 radical (unpaired) electrons. The maximum Gasteiger partial charge on any atom is 0.112 e. The van der Waals surface area contributed by atoms with Crippen LogP contribution in [-0.4, -0.2) is 20.9 Å². The van der Waals surface area contributed by atoms with Gasteiger partial charge in [-0.25, -0.2) is 0 Å². The van der Waals surface area contributed by atoms with Gasteiger partial charge in [0.1, 0.15) is 8.07 Å². The molecule has 0 N–H and O–H groups in total. The van der Waals surface area contributed by atoms with Crippen molar-refractivity contribution in [1.29, 1.82) is 0 Å². The highest BCUT2D eigenvalue weighted by molar-refractivity contribution is 6.90. The maximum atomic E-state index is 5.60. The van der Waals surface area contributed by atoms with Gasteiger partial charge in [-0.3, -0.25) is 0 Å². The summed E-state index contributed by atoms with van der Waals surface area (Å²) in [5, 5.41) is 1.55. The molecule has 2 rings (SSSR count). The minimum atomic E-state index is -1.23. The Morgan fingerprint density at radius 1 is 1.23 bits per heavy atom. The van der Waals surface area contributed by atoms with Gasteiger partial charge in [0, 0.05) is 12.8 Å². The van der Waals surface area contributed by atoms with Crippen molar-refractivity contribution in [2.75, 3.05) is 12.8 Å². The maximum absolute atomic E-state index is 5.60. The Hall–Kier alpha value is -0.603. The molecule has 13 heavy (non-hydrogen) atoms. The van der Waals surface area contributed by atoms with E-state index in [0.717, 1.165) is 12.8 Å². The molecule has 1 heterocycles. The summed E-state index contributed by atoms with van der Waals surface area (Å²) in [6.45, 7) is 3.40. The van der Waals surface area contributed by atoms with Gasteiger partial charge >= 0.3 is 0 Å². The Bertz CT molecular complexity index is 265. The van der Waals surface area contributed by atoms with Gasteiger partial charge in [0.2, 0.25) is 0 Å². The van der Waals surface area contributed by atoms with Crippen LogP contribution in [0.2, 0.25) is 12.6 Å². The molecule has 0 bridgehead atoms. The first-order chi connectivity index (χ1) is 6.31. The zero-order valence-corrected chi connectivity index (χ0v) is 9.12. The van der Waals surface area contributed by atoms with E-state index in [9.17, 15) is 0 Å². The minimum Gasteiger partial charge on any atom is -0.384 e. The van der Waals surface area contributed by atoms with E-state index in [-0.39, 0.29) is 0 Å². The second-order valence-electron chi connectivity index (χ2n) is 4.08. The Labute approximate surface area is 80.7 Å². The van der Waals surface area contributed by atoms with Crippen molar-refractivity contribution in [1.82, 2.24) is 0 Å². The van der Waals surface area contributed by atoms with Gasteiger partial charge in [0.15, 0.2) is 0 Å². The van der Waals surface area contributed by atoms with E-state index in [1.165, 1.54) is 12.5 Å². The van der Waals surface area contributed by atoms with Crippen molar-refractivity contribution in [3.05, 3.63) is 30.3 Å². The zero-order chi connectivity index (χ0) is 9.15. The molecule has 1 fully saturated rings. The summed E-state index contributed by atoms with van der Waals surface area (Å²) < 4.78 is 5.60. The van der Waals surface area contributed by atoms with Crippen LogP contribution in [0.5, 0.6) is 0 Å². The average Bonchev–Trinajstić information content (AvgIpc) is 2.20. The van der Waals surface area contributed by atoms with E-state index in [2.05, 4.69) is 36.9 Å². The van der Waals surface area contributed by atoms with E-state index >= 15 is 0 Å². The van der Waals surface area contributed by atoms with Crippen molar-refractivity contribution in [2.24, 2.45) is 0 Å². The van der Waals surface area contributed by atoms with E-state index in [0.29, 0.717) is 0 Å². The minimum absolute atomic E-state index is 0.968. The largest absolute Gasteiger partial charge is 0.384 e. The van der Waals surface area contributed by atoms with Gasteiger partial charge in [0.05, 0.1) is 0 Å². The molecule has 0 aromatic heterocycles. The molecule has 1 aromatic rings. The molecule has 0 aliphatic carbocycles. The summed E-state index contributed by atoms with van der Waals surface area (Å²) >= 11 is 0. The lowest BCUT2D eigenvalue weighted by Crippen LogP contribution is -2.51. The average molecular weight is 192 g/mol. The lowest BCUT2D eigenvalue weighted by molar-refractivity contribution is 0.161. The number of ether oxygens (including phenoxy) is 1. The van der Waals surface area contributed by atoms with Crippen molar-refractivity contribution >= 4 is 13.3 Å². The van der Waals surface area contributed by atoms with E-state index < -0.39 is 8.07 Å². The highest BCUT2D eigenvalue weighted by Gasteiger charge is 2.31. The van der Waals surface area contributed by atoms with Crippen LogP contribution in [0, 0.1) is 0 Å². The fourth-order valence-corrected chi connectivity index (χ4v) is 5.12. The standard InChI is InChI=1S/C11H16OSi/c1-13(9-5-8-12-10-13)11-6-3-2-4-7-11/h2-4,6-7H,5,8-10H2,1H3. The predicted octanol–water partition coefficient (Wildman–Crippen LogP) is 1.93. The monoisotopic (exact) mass is 192 g/mol. The molecular formula is C11H16OSi. The fourth-order valence-electron chi connectivity index (χ4n) is 2.00. The van der Waals surface area contributed by atoms with Crippen LogP contribution in [0.15, 0.2) is 30.3 Å². The molecule has 1 aliphatic heterocycles. The van der Waals surface area contributed by atoms with Crippen LogP contribution >= 0.6 is 0 Å². The van der Waals surface area contributed by atoms with Crippen LogP contribution in [0.25, 0.3) is 0 Å². The molecule has 1 aliphatic rings. The van der Waals surface area contributed by atoms with Gasteiger partial charge < -0.3 is 4.74 Å². The number of benzene rings is 1. The van der Waals surface area contributed by atoms with Crippen LogP contribution in [0.3, 0.4) is 0 Å². The molecule has 0 amide bonds. The van der Waals surface area contributed by atoms with Crippen LogP contribution in [0.1, 0.15) is 6.42 Å². The van der Waals surface area contributed by atoms with Crippen molar-refractivity contribution in [3.8, 4) is 0 Å². The van der Waals surface area contributed by atoms with E-state index in [1.807, 2.05) is 0 Å². The molecule has 70 valence electrons. The lowest BCUT2D eigenvalue weighted by atomic mass is 10.4. The van der Waals surface area contributed by atoms with E-state index in [4.69, 9.17) is 4.74 Å². The molecule has 1 saturated heterocycles. The highest BCUT2D eigenvalue weighted by Crippen LogP contribution is 2.17. The Morgan fingerprint density at radius 3 is 2.62 bits per heavy atom. The molecule has 0 spiro atoms. The van der Waals surface area contributed by atoms with Gasteiger partial charge in [-0.1, -0.05) is 42.1 Å². The zero-order valence-electron chi connectivity index (χ0n) is 8.12. The van der Waals surface area contributed by atoms with Crippen molar-refractivity contribution < 1.29 is 4.74 Å². The van der Waals surface area contributed by atoms with Gasteiger partial charge in [-0.2, -0.15) is 0 Å². The summed E-state index contributed by atoms with van der Waals surface area (Å²) in [6, 6.07) is 12.3. The smallest absolute Gasteiger partial charge is 0.112 e. The third-order valence-electron chi connectivity index (χ3n) is 2.91. The van der Waals surface area contributed by atoms with Crippen molar-refractivity contribution in [3.63, 3.8) is 0 Å². The van der Waals surface area contributed by atoms with E-state index in [1.54, 1.807) is 5.19 Å². The number of rotatable bonds is 1. The molecule has 2 heteroatoms. The molecular weight excluding hydrogens is 176 g/mol. The van der Waals surface area contributed by atoms with Crippen LogP contribution in [0.4, 0.5) is 0 Å². The molecule has 1 nitrogen and oxygen atoms in total. The summed E-state index contributed by atoms with van der Waals surface area (Å²) in [5.41, 5.74) is 0. The first-order valence-electron chi connectivity index (χ1n) is 4.95. The molecule has 0 saturated carbocycles. The SMILES string of the molecule is C[Si]1(c2ccccc2)CCCOC1. The normalized spacial score (nSPS) is 28.7. The summed E-state index contributed by atoms with van der Waals surface area (Å²) in [5.74, 6) is 0. The highest BCUT2D eigenvalue weighted by atomic mass is 28.3. The molecule has 1 atom stereocenters. The summed E-state index contributed by atoms with van der Waals surface area (Å²) in [7, 11) is -1.23. The third kappa shape index (κ3) is 1.84. The topological polar surface area (TPSA) is 9.23 Å². The quantitative estimate of drug-likeness (QED) is 0.618. The fraction of sp³-hybridized carbons (Fsp3) is 0.455. The first kappa shape index (κ1) is 8.97. The Morgan fingerprint density at radius 2 is 2.00 bits per heavy atom. The second-order valence-corrected chi connectivity index (χ2v) is 8.57. The van der Waals surface area contributed by atoms with Gasteiger partial charge in [-0.05, 0) is 12.5 Å². The van der Waals surface area contributed by atoms with Gasteiger partial charge in [-0.15, -0.1) is 0 Å². The number of hydrogen-bond donors (Lipinski definition) is 0. The summed E-state index contributed by atoms with van der Waals surface area (Å²) in [4.78, 5) is 0. The number of hydrogen-bond acceptors (Lipinski definition) is 1. The van der Waals surface area contributed by atoms with Crippen molar-refractivity contribution in [2.45, 2.75) is 19.0 Å². The second kappa shape index (κ2) is 3.64. The summed E-state index contributed by atoms with van der Waals surface area (Å²) in [6.07, 6.45) is 2.26. The lowest BCUT2D eigenvalue weighted by Gasteiger charge is -2.31. The Balaban J connectivity index is 2.23. The van der Waals surface area contributed by atoms with Gasteiger partial charge in [0.25, 0.3) is 0 Å². The predicted molar refractivity (Wildman–Crippen MR) is 57.9 cm³/mol. The third-order valence-corrected chi connectivity index (χ3v) is 6.93. The molecule has 1 aromatic carbocycles. The van der Waals surface area contributed by atoms with Crippen LogP contribution < -0.4 is 5.19 Å². The first-order valence-corrected chi connectivity index (χ1v) is 7.86. The Kier molecular flexibility index (Phi) is 2.51. The van der Waals surface area contributed by atoms with Crippen LogP contribution in [-0.2, 0) is 4.74 Å². The molecule has 1 unspecified atom stereocenters.